The zero-order chi connectivity index (χ0) is 23.2. The third-order valence-corrected chi connectivity index (χ3v) is 5.95. The molecule has 2 N–H and O–H groups in total. The molecular formula is C21H32N4O4S2. The van der Waals surface area contributed by atoms with Gasteiger partial charge in [-0.05, 0) is 33.2 Å². The van der Waals surface area contributed by atoms with Crippen LogP contribution < -0.4 is 10.6 Å². The molecule has 8 nitrogen and oxygen atoms in total. The van der Waals surface area contributed by atoms with E-state index in [1.807, 2.05) is 36.4 Å². The van der Waals surface area contributed by atoms with Gasteiger partial charge in [-0.15, -0.1) is 11.3 Å². The molecule has 31 heavy (non-hydrogen) atoms. The first kappa shape index (κ1) is 27.0. The number of Topliss-reactive ketones (excluding diaryl/α,β-unsaturated/α-hetero) is 1. The molecule has 1 aromatic rings. The summed E-state index contributed by atoms with van der Waals surface area (Å²) in [6, 6.07) is -0.393. The zero-order valence-electron chi connectivity index (χ0n) is 18.6. The maximum absolute atomic E-state index is 12.1. The Balaban J connectivity index is 2.38. The highest BCUT2D eigenvalue weighted by Gasteiger charge is 2.19. The van der Waals surface area contributed by atoms with Crippen molar-refractivity contribution in [2.24, 2.45) is 5.92 Å². The van der Waals surface area contributed by atoms with E-state index in [0.29, 0.717) is 19.5 Å². The van der Waals surface area contributed by atoms with Gasteiger partial charge in [0.25, 0.3) is 0 Å². The summed E-state index contributed by atoms with van der Waals surface area (Å²) in [5.74, 6) is 0.545. The molecule has 0 bridgehead atoms. The number of amides is 2. The van der Waals surface area contributed by atoms with Crippen molar-refractivity contribution in [2.75, 3.05) is 19.3 Å². The third-order valence-electron chi connectivity index (χ3n) is 4.44. The van der Waals surface area contributed by atoms with Crippen LogP contribution in [0.5, 0.6) is 0 Å². The number of carbonyl (C=O) groups is 4. The Kier molecular flexibility index (Phi) is 13.0. The molecule has 0 aliphatic carbocycles. The third kappa shape index (κ3) is 11.8. The van der Waals surface area contributed by atoms with Gasteiger partial charge in [0.1, 0.15) is 10.8 Å². The van der Waals surface area contributed by atoms with E-state index in [-0.39, 0.29) is 30.1 Å². The maximum Gasteiger partial charge on any atom is 0.237 e. The van der Waals surface area contributed by atoms with Gasteiger partial charge in [-0.25, -0.2) is 4.98 Å². The van der Waals surface area contributed by atoms with Gasteiger partial charge in [0.2, 0.25) is 11.8 Å². The molecule has 0 aliphatic rings. The molecule has 10 heteroatoms. The minimum absolute atomic E-state index is 0.0329. The molecule has 1 aromatic heterocycles. The summed E-state index contributed by atoms with van der Waals surface area (Å²) in [4.78, 5) is 51.8. The molecule has 172 valence electrons. The van der Waals surface area contributed by atoms with Gasteiger partial charge in [-0.1, -0.05) is 30.8 Å². The average Bonchev–Trinajstić information content (AvgIpc) is 3.16. The van der Waals surface area contributed by atoms with Gasteiger partial charge >= 0.3 is 0 Å². The fourth-order valence-electron chi connectivity index (χ4n) is 2.57. The van der Waals surface area contributed by atoms with Crippen molar-refractivity contribution < 1.29 is 19.2 Å². The van der Waals surface area contributed by atoms with Crippen LogP contribution in [0.25, 0.3) is 0 Å². The van der Waals surface area contributed by atoms with Crippen LogP contribution in [0, 0.1) is 5.92 Å². The number of hydrogen-bond donors (Lipinski definition) is 2. The lowest BCUT2D eigenvalue weighted by Crippen LogP contribution is -2.44. The van der Waals surface area contributed by atoms with E-state index >= 15 is 0 Å². The largest absolute Gasteiger partial charge is 0.350 e. The molecule has 0 aromatic carbocycles. The van der Waals surface area contributed by atoms with E-state index in [1.54, 1.807) is 6.92 Å². The van der Waals surface area contributed by atoms with E-state index < -0.39 is 6.04 Å². The monoisotopic (exact) mass is 468 g/mol. The SMILES string of the molecule is CC(=O)CNC(=O)[C@@H](C)N(C)Cc1csc(CNC(=O)C[C@H](C)/C=C/CCSC=O)n1. The van der Waals surface area contributed by atoms with E-state index in [4.69, 9.17) is 0 Å². The Hall–Kier alpha value is -2.04. The van der Waals surface area contributed by atoms with Crippen LogP contribution >= 0.6 is 23.1 Å². The van der Waals surface area contributed by atoms with Crippen LogP contribution in [0.3, 0.4) is 0 Å². The molecule has 2 amide bonds. The van der Waals surface area contributed by atoms with E-state index in [9.17, 15) is 19.2 Å². The fraction of sp³-hybridized carbons (Fsp3) is 0.571. The number of allylic oxidation sites excluding steroid dienone is 2. The van der Waals surface area contributed by atoms with Crippen LogP contribution in [-0.2, 0) is 32.3 Å². The number of rotatable bonds is 15. The predicted molar refractivity (Wildman–Crippen MR) is 125 cm³/mol. The normalized spacial score (nSPS) is 13.2. The molecule has 2 atom stereocenters. The smallest absolute Gasteiger partial charge is 0.237 e. The summed E-state index contributed by atoms with van der Waals surface area (Å²) >= 11 is 2.70. The van der Waals surface area contributed by atoms with Crippen molar-refractivity contribution in [3.8, 4) is 0 Å². The molecule has 0 unspecified atom stereocenters. The topological polar surface area (TPSA) is 108 Å². The van der Waals surface area contributed by atoms with E-state index in [1.165, 1.54) is 30.0 Å². The second-order valence-corrected chi connectivity index (χ2v) is 9.26. The lowest BCUT2D eigenvalue weighted by molar-refractivity contribution is -0.128. The summed E-state index contributed by atoms with van der Waals surface area (Å²) in [5.41, 5.74) is 1.66. The number of nitrogens with zero attached hydrogens (tertiary/aromatic N) is 2. The van der Waals surface area contributed by atoms with Gasteiger partial charge < -0.3 is 10.6 Å². The molecule has 0 fully saturated rings. The first-order chi connectivity index (χ1) is 14.7. The molecule has 0 saturated heterocycles. The zero-order valence-corrected chi connectivity index (χ0v) is 20.2. The summed E-state index contributed by atoms with van der Waals surface area (Å²) in [6.45, 7) is 6.08. The number of thiazole rings is 1. The molecular weight excluding hydrogens is 436 g/mol. The molecule has 0 saturated carbocycles. The van der Waals surface area contributed by atoms with Gasteiger partial charge in [0, 0.05) is 24.1 Å². The highest BCUT2D eigenvalue weighted by molar-refractivity contribution is 8.11. The summed E-state index contributed by atoms with van der Waals surface area (Å²) < 4.78 is 0. The van der Waals surface area contributed by atoms with Crippen molar-refractivity contribution in [1.82, 2.24) is 20.5 Å². The number of hydrogen-bond acceptors (Lipinski definition) is 8. The fourth-order valence-corrected chi connectivity index (χ4v) is 3.67. The second kappa shape index (κ2) is 14.9. The Morgan fingerprint density at radius 1 is 1.29 bits per heavy atom. The Morgan fingerprint density at radius 3 is 2.71 bits per heavy atom. The average molecular weight is 469 g/mol. The van der Waals surface area contributed by atoms with Crippen LogP contribution in [-0.4, -0.2) is 58.5 Å². The number of likely N-dealkylation sites (N-methyl/N-ethyl adjacent to an activating group) is 1. The van der Waals surface area contributed by atoms with Gasteiger partial charge in [0.05, 0.1) is 24.8 Å². The minimum Gasteiger partial charge on any atom is -0.350 e. The number of ketones is 1. The number of nitrogens with one attached hydrogen (secondary N) is 2. The highest BCUT2D eigenvalue weighted by Crippen LogP contribution is 2.13. The minimum atomic E-state index is -0.393. The molecule has 1 heterocycles. The summed E-state index contributed by atoms with van der Waals surface area (Å²) in [7, 11) is 1.82. The molecule has 0 radical (unpaired) electrons. The van der Waals surface area contributed by atoms with E-state index in [0.717, 1.165) is 28.5 Å². The van der Waals surface area contributed by atoms with Crippen molar-refractivity contribution in [3.63, 3.8) is 0 Å². The molecule has 1 rings (SSSR count). The Bertz CT molecular complexity index is 766. The standard InChI is InChI=1S/C21H32N4O4S2/c1-15(7-5-6-8-30-14-26)9-19(28)22-11-20-24-18(13-31-20)12-25(4)17(3)21(29)23-10-16(2)27/h5,7,13-15,17H,6,8-12H2,1-4H3,(H,22,28)(H,23,29)/b7-5+/t15-,17-/m1/s1. The van der Waals surface area contributed by atoms with Crippen molar-refractivity contribution in [1.29, 1.82) is 0 Å². The lowest BCUT2D eigenvalue weighted by atomic mass is 10.1. The van der Waals surface area contributed by atoms with Gasteiger partial charge in [0.15, 0.2) is 5.62 Å². The van der Waals surface area contributed by atoms with Crippen molar-refractivity contribution >= 4 is 46.3 Å². The Morgan fingerprint density at radius 2 is 2.03 bits per heavy atom. The first-order valence-corrected chi connectivity index (χ1v) is 12.0. The summed E-state index contributed by atoms with van der Waals surface area (Å²) in [6.07, 6.45) is 5.20. The van der Waals surface area contributed by atoms with Gasteiger partial charge in [-0.2, -0.15) is 0 Å². The number of thioether (sulfide) groups is 1. The first-order valence-electron chi connectivity index (χ1n) is 10.1. The molecule has 0 aliphatic heterocycles. The van der Waals surface area contributed by atoms with Crippen molar-refractivity contribution in [3.05, 3.63) is 28.2 Å². The van der Waals surface area contributed by atoms with Crippen LogP contribution in [0.1, 0.15) is 44.3 Å². The second-order valence-electron chi connectivity index (χ2n) is 7.39. The summed E-state index contributed by atoms with van der Waals surface area (Å²) in [5, 5.41) is 8.22. The van der Waals surface area contributed by atoms with E-state index in [2.05, 4.69) is 15.6 Å². The van der Waals surface area contributed by atoms with Crippen LogP contribution in [0.15, 0.2) is 17.5 Å². The maximum atomic E-state index is 12.1. The van der Waals surface area contributed by atoms with Crippen LogP contribution in [0.2, 0.25) is 0 Å². The van der Waals surface area contributed by atoms with Crippen molar-refractivity contribution in [2.45, 2.75) is 52.7 Å². The Labute approximate surface area is 192 Å². The molecule has 0 spiro atoms. The van der Waals surface area contributed by atoms with Gasteiger partial charge in [-0.3, -0.25) is 24.1 Å². The number of aromatic nitrogens is 1. The van der Waals surface area contributed by atoms with Crippen LogP contribution in [0.4, 0.5) is 0 Å². The number of carbonyl (C=O) groups excluding carboxylic acids is 4. The highest BCUT2D eigenvalue weighted by atomic mass is 32.2. The lowest BCUT2D eigenvalue weighted by Gasteiger charge is -2.22. The quantitative estimate of drug-likeness (QED) is 0.231. The predicted octanol–water partition coefficient (Wildman–Crippen LogP) is 2.18.